The van der Waals surface area contributed by atoms with Crippen LogP contribution in [0.4, 0.5) is 0 Å². The number of carbonyl (C=O) groups is 1. The summed E-state index contributed by atoms with van der Waals surface area (Å²) in [5, 5.41) is 7.28. The molecule has 0 saturated carbocycles. The molecule has 4 aromatic rings. The number of aryl methyl sites for hydroxylation is 2. The fraction of sp³-hybridized carbons (Fsp3) is 0.286. The molecule has 148 valence electrons. The molecule has 0 radical (unpaired) electrons. The van der Waals surface area contributed by atoms with Crippen molar-refractivity contribution >= 4 is 11.7 Å². The average Bonchev–Trinajstić information content (AvgIpc) is 3.40. The molecular formula is C21H23N7O. The molecule has 0 bridgehead atoms. The van der Waals surface area contributed by atoms with Crippen LogP contribution in [0.25, 0.3) is 11.5 Å². The molecule has 0 aliphatic carbocycles. The standard InChI is InChI=1S/C21H23N7O/c1-14(17-4-6-18(7-5-17)27-11-10-22-13-27)25-20(29)9-8-19-15(2)26-21-23-12-24-28(21)16(19)3/h4-7,10-14H,8-9H2,1-3H3,(H,25,29). The second-order valence-electron chi connectivity index (χ2n) is 7.08. The highest BCUT2D eigenvalue weighted by Gasteiger charge is 2.14. The predicted octanol–water partition coefficient (Wildman–Crippen LogP) is 2.74. The van der Waals surface area contributed by atoms with Gasteiger partial charge in [0, 0.05) is 35.9 Å². The van der Waals surface area contributed by atoms with Crippen LogP contribution < -0.4 is 5.32 Å². The zero-order chi connectivity index (χ0) is 20.4. The zero-order valence-corrected chi connectivity index (χ0v) is 16.7. The van der Waals surface area contributed by atoms with Gasteiger partial charge in [-0.15, -0.1) is 0 Å². The smallest absolute Gasteiger partial charge is 0.252 e. The van der Waals surface area contributed by atoms with Gasteiger partial charge in [-0.25, -0.2) is 14.5 Å². The average molecular weight is 389 g/mol. The highest BCUT2D eigenvalue weighted by molar-refractivity contribution is 5.76. The summed E-state index contributed by atoms with van der Waals surface area (Å²) in [6, 6.07) is 8.02. The van der Waals surface area contributed by atoms with E-state index in [4.69, 9.17) is 0 Å². The Morgan fingerprint density at radius 1 is 1.21 bits per heavy atom. The van der Waals surface area contributed by atoms with Gasteiger partial charge in [-0.2, -0.15) is 10.1 Å². The first-order valence-corrected chi connectivity index (χ1v) is 9.56. The topological polar surface area (TPSA) is 90.0 Å². The van der Waals surface area contributed by atoms with Crippen LogP contribution in [-0.2, 0) is 11.2 Å². The van der Waals surface area contributed by atoms with Crippen molar-refractivity contribution in [1.82, 2.24) is 34.4 Å². The number of hydrogen-bond donors (Lipinski definition) is 1. The van der Waals surface area contributed by atoms with Gasteiger partial charge < -0.3 is 9.88 Å². The summed E-state index contributed by atoms with van der Waals surface area (Å²) in [5.74, 6) is 0.592. The van der Waals surface area contributed by atoms with Crippen molar-refractivity contribution in [3.63, 3.8) is 0 Å². The maximum absolute atomic E-state index is 12.5. The number of aromatic nitrogens is 6. The van der Waals surface area contributed by atoms with Crippen molar-refractivity contribution < 1.29 is 4.79 Å². The van der Waals surface area contributed by atoms with Crippen LogP contribution in [0.5, 0.6) is 0 Å². The SMILES string of the molecule is Cc1nc2ncnn2c(C)c1CCC(=O)NC(C)c1ccc(-n2ccnc2)cc1. The Hall–Kier alpha value is -3.55. The first-order chi connectivity index (χ1) is 14.0. The van der Waals surface area contributed by atoms with E-state index in [1.165, 1.54) is 6.33 Å². The minimum atomic E-state index is -0.0718. The molecule has 8 heteroatoms. The largest absolute Gasteiger partial charge is 0.350 e. The molecule has 29 heavy (non-hydrogen) atoms. The van der Waals surface area contributed by atoms with Gasteiger partial charge in [-0.3, -0.25) is 4.79 Å². The quantitative estimate of drug-likeness (QED) is 0.548. The summed E-state index contributed by atoms with van der Waals surface area (Å²) < 4.78 is 3.66. The van der Waals surface area contributed by atoms with Crippen LogP contribution in [0.2, 0.25) is 0 Å². The molecule has 3 aromatic heterocycles. The van der Waals surface area contributed by atoms with E-state index in [0.29, 0.717) is 18.6 Å². The van der Waals surface area contributed by atoms with Gasteiger partial charge in [-0.05, 0) is 50.5 Å². The highest BCUT2D eigenvalue weighted by atomic mass is 16.1. The number of carbonyl (C=O) groups excluding carboxylic acids is 1. The third kappa shape index (κ3) is 3.87. The van der Waals surface area contributed by atoms with Crippen molar-refractivity contribution in [2.24, 2.45) is 0 Å². The van der Waals surface area contributed by atoms with E-state index in [-0.39, 0.29) is 11.9 Å². The summed E-state index contributed by atoms with van der Waals surface area (Å²) >= 11 is 0. The second-order valence-corrected chi connectivity index (χ2v) is 7.08. The number of hydrogen-bond acceptors (Lipinski definition) is 5. The first-order valence-electron chi connectivity index (χ1n) is 9.56. The number of fused-ring (bicyclic) bond motifs is 1. The van der Waals surface area contributed by atoms with Crippen molar-refractivity contribution in [1.29, 1.82) is 0 Å². The van der Waals surface area contributed by atoms with E-state index in [9.17, 15) is 4.79 Å². The zero-order valence-electron chi connectivity index (χ0n) is 16.7. The summed E-state index contributed by atoms with van der Waals surface area (Å²) in [6.07, 6.45) is 7.90. The Bertz CT molecular complexity index is 1130. The number of nitrogens with one attached hydrogen (secondary N) is 1. The van der Waals surface area contributed by atoms with E-state index in [2.05, 4.69) is 25.4 Å². The summed E-state index contributed by atoms with van der Waals surface area (Å²) in [7, 11) is 0. The first kappa shape index (κ1) is 18.8. The summed E-state index contributed by atoms with van der Waals surface area (Å²) in [5.41, 5.74) is 4.99. The molecule has 1 unspecified atom stereocenters. The van der Waals surface area contributed by atoms with Gasteiger partial charge in [0.25, 0.3) is 5.78 Å². The molecular weight excluding hydrogens is 366 g/mol. The number of nitrogens with zero attached hydrogens (tertiary/aromatic N) is 6. The van der Waals surface area contributed by atoms with Gasteiger partial charge in [0.1, 0.15) is 6.33 Å². The lowest BCUT2D eigenvalue weighted by molar-refractivity contribution is -0.121. The molecule has 1 atom stereocenters. The molecule has 0 aliphatic rings. The minimum absolute atomic E-state index is 0.00803. The third-order valence-corrected chi connectivity index (χ3v) is 5.16. The maximum atomic E-state index is 12.5. The molecule has 1 N–H and O–H groups in total. The Morgan fingerprint density at radius 2 is 2.00 bits per heavy atom. The van der Waals surface area contributed by atoms with Gasteiger partial charge >= 0.3 is 0 Å². The molecule has 8 nitrogen and oxygen atoms in total. The number of imidazole rings is 1. The fourth-order valence-corrected chi connectivity index (χ4v) is 3.50. The predicted molar refractivity (Wildman–Crippen MR) is 109 cm³/mol. The Balaban J connectivity index is 1.38. The molecule has 0 saturated heterocycles. The van der Waals surface area contributed by atoms with Crippen molar-refractivity contribution in [2.75, 3.05) is 0 Å². The van der Waals surface area contributed by atoms with E-state index in [1.807, 2.05) is 55.8 Å². The van der Waals surface area contributed by atoms with Gasteiger partial charge in [-0.1, -0.05) is 12.1 Å². The van der Waals surface area contributed by atoms with Crippen LogP contribution in [0, 0.1) is 13.8 Å². The highest BCUT2D eigenvalue weighted by Crippen LogP contribution is 2.17. The summed E-state index contributed by atoms with van der Waals surface area (Å²) in [6.45, 7) is 5.91. The lowest BCUT2D eigenvalue weighted by atomic mass is 10.0. The van der Waals surface area contributed by atoms with Gasteiger partial charge in [0.15, 0.2) is 0 Å². The lowest BCUT2D eigenvalue weighted by Gasteiger charge is -2.16. The van der Waals surface area contributed by atoms with Crippen LogP contribution in [0.3, 0.4) is 0 Å². The van der Waals surface area contributed by atoms with E-state index >= 15 is 0 Å². The van der Waals surface area contributed by atoms with E-state index in [0.717, 1.165) is 28.2 Å². The van der Waals surface area contributed by atoms with Crippen LogP contribution >= 0.6 is 0 Å². The van der Waals surface area contributed by atoms with Crippen LogP contribution in [0.15, 0.2) is 49.3 Å². The van der Waals surface area contributed by atoms with Crippen LogP contribution in [0.1, 0.15) is 41.9 Å². The maximum Gasteiger partial charge on any atom is 0.252 e. The molecule has 0 aliphatic heterocycles. The molecule has 0 fully saturated rings. The molecule has 4 rings (SSSR count). The fourth-order valence-electron chi connectivity index (χ4n) is 3.50. The summed E-state index contributed by atoms with van der Waals surface area (Å²) in [4.78, 5) is 25.2. The number of benzene rings is 1. The third-order valence-electron chi connectivity index (χ3n) is 5.16. The second kappa shape index (κ2) is 7.83. The monoisotopic (exact) mass is 389 g/mol. The molecule has 1 aromatic carbocycles. The normalized spacial score (nSPS) is 12.2. The molecule has 0 spiro atoms. The van der Waals surface area contributed by atoms with Crippen molar-refractivity contribution in [3.05, 3.63) is 71.8 Å². The Labute approximate surface area is 168 Å². The number of amides is 1. The molecule has 1 amide bonds. The van der Waals surface area contributed by atoms with Crippen molar-refractivity contribution in [3.8, 4) is 5.69 Å². The lowest BCUT2D eigenvalue weighted by Crippen LogP contribution is -2.27. The van der Waals surface area contributed by atoms with E-state index < -0.39 is 0 Å². The minimum Gasteiger partial charge on any atom is -0.350 e. The Kier molecular flexibility index (Phi) is 5.07. The van der Waals surface area contributed by atoms with Gasteiger partial charge in [0.2, 0.25) is 5.91 Å². The van der Waals surface area contributed by atoms with Crippen LogP contribution in [-0.4, -0.2) is 35.0 Å². The van der Waals surface area contributed by atoms with Crippen molar-refractivity contribution in [2.45, 2.75) is 39.7 Å². The van der Waals surface area contributed by atoms with E-state index in [1.54, 1.807) is 17.0 Å². The molecule has 3 heterocycles. The van der Waals surface area contributed by atoms with Gasteiger partial charge in [0.05, 0.1) is 12.4 Å². The Morgan fingerprint density at radius 3 is 2.72 bits per heavy atom. The number of rotatable bonds is 6.